The maximum absolute atomic E-state index is 13.5. The summed E-state index contributed by atoms with van der Waals surface area (Å²) in [5.41, 5.74) is 0.975. The minimum Gasteiger partial charge on any atom is -0.444 e. The van der Waals surface area contributed by atoms with E-state index >= 15 is 0 Å². The molecule has 0 radical (unpaired) electrons. The molecular weight excluding hydrogens is 363 g/mol. The van der Waals surface area contributed by atoms with Gasteiger partial charge in [0.25, 0.3) is 5.56 Å². The highest BCUT2D eigenvalue weighted by Crippen LogP contribution is 2.28. The average molecular weight is 386 g/mol. The zero-order chi connectivity index (χ0) is 20.1. The Morgan fingerprint density at radius 3 is 2.64 bits per heavy atom. The molecule has 7 nitrogen and oxygen atoms in total. The number of benzene rings is 1. The molecule has 0 aliphatic carbocycles. The third kappa shape index (κ3) is 3.46. The lowest BCUT2D eigenvalue weighted by Gasteiger charge is -2.33. The Labute approximate surface area is 161 Å². The van der Waals surface area contributed by atoms with Crippen molar-refractivity contribution in [2.75, 3.05) is 13.1 Å². The first kappa shape index (κ1) is 18.5. The predicted molar refractivity (Wildman–Crippen MR) is 103 cm³/mol. The van der Waals surface area contributed by atoms with Gasteiger partial charge in [-0.05, 0) is 51.8 Å². The van der Waals surface area contributed by atoms with Crippen LogP contribution < -0.4 is 5.56 Å². The molecule has 3 aromatic rings. The molecule has 1 N–H and O–H groups in total. The van der Waals surface area contributed by atoms with E-state index in [0.29, 0.717) is 48.2 Å². The first-order valence-corrected chi connectivity index (χ1v) is 9.40. The minimum absolute atomic E-state index is 0.0850. The zero-order valence-electron chi connectivity index (χ0n) is 16.2. The van der Waals surface area contributed by atoms with Crippen molar-refractivity contribution in [3.05, 3.63) is 46.1 Å². The topological polar surface area (TPSA) is 79.7 Å². The van der Waals surface area contributed by atoms with Crippen molar-refractivity contribution in [3.8, 4) is 0 Å². The number of carbonyl (C=O) groups excluding carboxylic acids is 1. The molecule has 3 heterocycles. The van der Waals surface area contributed by atoms with Crippen LogP contribution in [0.4, 0.5) is 9.18 Å². The number of ether oxygens (including phenoxy) is 1. The van der Waals surface area contributed by atoms with Gasteiger partial charge in [0.2, 0.25) is 0 Å². The predicted octanol–water partition coefficient (Wildman–Crippen LogP) is 3.43. The lowest BCUT2D eigenvalue weighted by Crippen LogP contribution is -2.41. The molecule has 0 spiro atoms. The van der Waals surface area contributed by atoms with Gasteiger partial charge in [0, 0.05) is 30.5 Å². The highest BCUT2D eigenvalue weighted by atomic mass is 19.1. The van der Waals surface area contributed by atoms with Gasteiger partial charge in [-0.3, -0.25) is 9.89 Å². The highest BCUT2D eigenvalue weighted by molar-refractivity contribution is 5.91. The maximum Gasteiger partial charge on any atom is 0.410 e. The van der Waals surface area contributed by atoms with Crippen LogP contribution in [-0.4, -0.2) is 44.3 Å². The molecule has 1 aliphatic heterocycles. The van der Waals surface area contributed by atoms with Crippen molar-refractivity contribution in [3.63, 3.8) is 0 Å². The molecule has 0 saturated carbocycles. The number of fused-ring (bicyclic) bond motifs is 3. The third-order valence-electron chi connectivity index (χ3n) is 4.96. The molecule has 28 heavy (non-hydrogen) atoms. The number of H-pyrrole nitrogens is 1. The molecule has 8 heteroatoms. The van der Waals surface area contributed by atoms with Gasteiger partial charge < -0.3 is 9.64 Å². The molecular formula is C20H23FN4O3. The van der Waals surface area contributed by atoms with Crippen molar-refractivity contribution in [1.29, 1.82) is 0 Å². The highest BCUT2D eigenvalue weighted by Gasteiger charge is 2.28. The second kappa shape index (κ2) is 6.61. The first-order chi connectivity index (χ1) is 13.2. The van der Waals surface area contributed by atoms with Crippen molar-refractivity contribution < 1.29 is 13.9 Å². The number of hydrogen-bond acceptors (Lipinski definition) is 4. The number of nitrogens with one attached hydrogen (secondary N) is 1. The van der Waals surface area contributed by atoms with Crippen LogP contribution in [0.25, 0.3) is 16.6 Å². The number of hydrogen-bond donors (Lipinski definition) is 1. The molecule has 0 bridgehead atoms. The molecule has 1 fully saturated rings. The van der Waals surface area contributed by atoms with E-state index in [1.165, 1.54) is 22.7 Å². The second-order valence-electron chi connectivity index (χ2n) is 8.22. The van der Waals surface area contributed by atoms with E-state index in [1.54, 1.807) is 11.0 Å². The summed E-state index contributed by atoms with van der Waals surface area (Å²) in [5, 5.41) is 3.59. The summed E-state index contributed by atoms with van der Waals surface area (Å²) in [6.07, 6.45) is 1.10. The average Bonchev–Trinajstić information content (AvgIpc) is 2.98. The van der Waals surface area contributed by atoms with E-state index < -0.39 is 5.60 Å². The summed E-state index contributed by atoms with van der Waals surface area (Å²) in [6.45, 7) is 6.64. The van der Waals surface area contributed by atoms with Gasteiger partial charge in [-0.1, -0.05) is 0 Å². The van der Waals surface area contributed by atoms with E-state index in [1.807, 2.05) is 20.8 Å². The lowest BCUT2D eigenvalue weighted by molar-refractivity contribution is 0.0204. The molecule has 1 aliphatic rings. The summed E-state index contributed by atoms with van der Waals surface area (Å²) >= 11 is 0. The van der Waals surface area contributed by atoms with E-state index in [-0.39, 0.29) is 23.4 Å². The SMILES string of the molecule is CC(C)(C)OC(=O)N1CCC(c2cc(=O)n3[nH]c4cc(F)ccc4c3n2)CC1. The molecule has 1 saturated heterocycles. The number of piperidine rings is 1. The number of nitrogens with zero attached hydrogens (tertiary/aromatic N) is 3. The van der Waals surface area contributed by atoms with Gasteiger partial charge in [0.15, 0.2) is 5.65 Å². The van der Waals surface area contributed by atoms with Crippen LogP contribution >= 0.6 is 0 Å². The summed E-state index contributed by atoms with van der Waals surface area (Å²) < 4.78 is 20.2. The summed E-state index contributed by atoms with van der Waals surface area (Å²) in [4.78, 5) is 31.1. The van der Waals surface area contributed by atoms with Crippen LogP contribution in [0, 0.1) is 5.82 Å². The van der Waals surface area contributed by atoms with Gasteiger partial charge in [0.1, 0.15) is 11.4 Å². The monoisotopic (exact) mass is 386 g/mol. The van der Waals surface area contributed by atoms with Gasteiger partial charge >= 0.3 is 6.09 Å². The van der Waals surface area contributed by atoms with Crippen molar-refractivity contribution in [2.24, 2.45) is 0 Å². The molecule has 0 atom stereocenters. The van der Waals surface area contributed by atoms with Crippen LogP contribution in [-0.2, 0) is 4.74 Å². The Hall–Kier alpha value is -2.90. The smallest absolute Gasteiger partial charge is 0.410 e. The number of rotatable bonds is 1. The summed E-state index contributed by atoms with van der Waals surface area (Å²) in [6, 6.07) is 5.85. The minimum atomic E-state index is -0.524. The number of aromatic nitrogens is 3. The van der Waals surface area contributed by atoms with Gasteiger partial charge in [-0.15, -0.1) is 0 Å². The fourth-order valence-corrected chi connectivity index (χ4v) is 3.61. The number of amides is 1. The molecule has 1 amide bonds. The van der Waals surface area contributed by atoms with E-state index in [0.717, 1.165) is 0 Å². The summed E-state index contributed by atoms with van der Waals surface area (Å²) in [5.74, 6) is -0.288. The van der Waals surface area contributed by atoms with Crippen molar-refractivity contribution >= 4 is 22.6 Å². The fraction of sp³-hybridized carbons (Fsp3) is 0.450. The van der Waals surface area contributed by atoms with E-state index in [9.17, 15) is 14.0 Å². The van der Waals surface area contributed by atoms with Gasteiger partial charge in [-0.25, -0.2) is 18.7 Å². The Balaban J connectivity index is 1.58. The quantitative estimate of drug-likeness (QED) is 0.695. The lowest BCUT2D eigenvalue weighted by atomic mass is 9.93. The van der Waals surface area contributed by atoms with Gasteiger partial charge in [-0.2, -0.15) is 0 Å². The van der Waals surface area contributed by atoms with Crippen LogP contribution in [0.5, 0.6) is 0 Å². The van der Waals surface area contributed by atoms with Crippen LogP contribution in [0.15, 0.2) is 29.1 Å². The Morgan fingerprint density at radius 2 is 1.96 bits per heavy atom. The molecule has 1 aromatic carbocycles. The van der Waals surface area contributed by atoms with Crippen molar-refractivity contribution in [2.45, 2.75) is 45.1 Å². The van der Waals surface area contributed by atoms with Crippen LogP contribution in [0.1, 0.15) is 45.2 Å². The van der Waals surface area contributed by atoms with Crippen LogP contribution in [0.3, 0.4) is 0 Å². The normalized spacial score (nSPS) is 16.1. The number of carbonyl (C=O) groups is 1. The van der Waals surface area contributed by atoms with Crippen LogP contribution in [0.2, 0.25) is 0 Å². The number of likely N-dealkylation sites (tertiary alicyclic amines) is 1. The zero-order valence-corrected chi connectivity index (χ0v) is 16.2. The maximum atomic E-state index is 13.5. The standard InChI is InChI=1S/C20H23FN4O3/c1-20(2,3)28-19(27)24-8-6-12(7-9-24)15-11-17(26)25-18(22-15)14-5-4-13(21)10-16(14)23-25/h4-5,10-12,23H,6-9H2,1-3H3. The van der Waals surface area contributed by atoms with Crippen molar-refractivity contribution in [1.82, 2.24) is 19.5 Å². The van der Waals surface area contributed by atoms with E-state index in [4.69, 9.17) is 4.74 Å². The second-order valence-corrected chi connectivity index (χ2v) is 8.22. The Morgan fingerprint density at radius 1 is 1.25 bits per heavy atom. The van der Waals surface area contributed by atoms with Gasteiger partial charge in [0.05, 0.1) is 11.2 Å². The third-order valence-corrected chi connectivity index (χ3v) is 4.96. The molecule has 0 unspecified atom stereocenters. The Bertz CT molecular complexity index is 1100. The molecule has 2 aromatic heterocycles. The number of aromatic amines is 1. The molecule has 148 valence electrons. The fourth-order valence-electron chi connectivity index (χ4n) is 3.61. The van der Waals surface area contributed by atoms with E-state index in [2.05, 4.69) is 10.1 Å². The number of halogens is 1. The largest absolute Gasteiger partial charge is 0.444 e. The Kier molecular flexibility index (Phi) is 4.36. The summed E-state index contributed by atoms with van der Waals surface area (Å²) in [7, 11) is 0. The molecule has 4 rings (SSSR count). The first-order valence-electron chi connectivity index (χ1n) is 9.40.